The topological polar surface area (TPSA) is 143 Å². The van der Waals surface area contributed by atoms with Gasteiger partial charge in [-0.25, -0.2) is 14.4 Å². The summed E-state index contributed by atoms with van der Waals surface area (Å²) in [6.07, 6.45) is -0.352. The Kier molecular flexibility index (Phi) is 10.9. The molecule has 4 N–H and O–H groups in total. The zero-order chi connectivity index (χ0) is 23.3. The van der Waals surface area contributed by atoms with E-state index in [1.54, 1.807) is 32.9 Å². The normalized spacial score (nSPS) is 11.7. The minimum atomic E-state index is -1.16. The van der Waals surface area contributed by atoms with Gasteiger partial charge in [0.25, 0.3) is 0 Å². The maximum absolute atomic E-state index is 11.8. The van der Waals surface area contributed by atoms with Gasteiger partial charge >= 0.3 is 18.2 Å². The van der Waals surface area contributed by atoms with E-state index < -0.39 is 29.8 Å². The van der Waals surface area contributed by atoms with Gasteiger partial charge in [-0.05, 0) is 45.6 Å². The third kappa shape index (κ3) is 12.8. The average Bonchev–Trinajstić information content (AvgIpc) is 2.69. The van der Waals surface area contributed by atoms with E-state index in [9.17, 15) is 24.3 Å². The van der Waals surface area contributed by atoms with Gasteiger partial charge in [0.05, 0.1) is 6.54 Å². The number of carbonyl (C=O) groups excluding carboxylic acids is 3. The molecule has 1 unspecified atom stereocenters. The van der Waals surface area contributed by atoms with Crippen molar-refractivity contribution in [1.29, 1.82) is 0 Å². The van der Waals surface area contributed by atoms with Gasteiger partial charge in [-0.2, -0.15) is 0 Å². The van der Waals surface area contributed by atoms with Crippen LogP contribution in [0.15, 0.2) is 30.3 Å². The van der Waals surface area contributed by atoms with Crippen LogP contribution in [0, 0.1) is 0 Å². The number of benzene rings is 1. The van der Waals surface area contributed by atoms with E-state index in [0.29, 0.717) is 19.4 Å². The van der Waals surface area contributed by atoms with Crippen molar-refractivity contribution in [2.45, 2.75) is 58.3 Å². The molecule has 1 aromatic rings. The molecule has 0 aliphatic rings. The summed E-state index contributed by atoms with van der Waals surface area (Å²) < 4.78 is 10.1. The molecule has 31 heavy (non-hydrogen) atoms. The van der Waals surface area contributed by atoms with E-state index >= 15 is 0 Å². The molecule has 0 saturated heterocycles. The van der Waals surface area contributed by atoms with Gasteiger partial charge in [0, 0.05) is 6.54 Å². The Hall–Kier alpha value is -3.30. The number of carboxylic acid groups (broad SMARTS) is 1. The highest BCUT2D eigenvalue weighted by molar-refractivity contribution is 5.82. The van der Waals surface area contributed by atoms with Gasteiger partial charge in [-0.15, -0.1) is 0 Å². The summed E-state index contributed by atoms with van der Waals surface area (Å²) in [4.78, 5) is 46.3. The number of aliphatic carboxylic acids is 1. The molecule has 0 aliphatic heterocycles. The molecule has 10 heteroatoms. The van der Waals surface area contributed by atoms with Gasteiger partial charge in [-0.1, -0.05) is 30.3 Å². The third-order valence-electron chi connectivity index (χ3n) is 3.84. The average molecular weight is 437 g/mol. The zero-order valence-electron chi connectivity index (χ0n) is 18.1. The molecule has 0 saturated carbocycles. The van der Waals surface area contributed by atoms with Crippen LogP contribution >= 0.6 is 0 Å². The molecule has 1 atom stereocenters. The van der Waals surface area contributed by atoms with Crippen LogP contribution in [-0.2, 0) is 25.7 Å². The second kappa shape index (κ2) is 13.1. The van der Waals surface area contributed by atoms with E-state index in [1.165, 1.54) is 0 Å². The SMILES string of the molecule is CC(C)(C)OC(=O)NCC(=O)NCCCCC(NC(=O)OCc1ccccc1)C(=O)O. The molecule has 0 aliphatic carbocycles. The van der Waals surface area contributed by atoms with Gasteiger partial charge < -0.3 is 30.5 Å². The number of unbranched alkanes of at least 4 members (excludes halogenated alkanes) is 1. The summed E-state index contributed by atoms with van der Waals surface area (Å²) >= 11 is 0. The number of rotatable bonds is 11. The number of nitrogens with one attached hydrogen (secondary N) is 3. The highest BCUT2D eigenvalue weighted by Gasteiger charge is 2.20. The molecule has 0 bridgehead atoms. The number of carboxylic acids is 1. The molecule has 172 valence electrons. The summed E-state index contributed by atoms with van der Waals surface area (Å²) in [5.74, 6) is -1.55. The molecule has 0 spiro atoms. The Morgan fingerprint density at radius 3 is 2.29 bits per heavy atom. The van der Waals surface area contributed by atoms with Gasteiger partial charge in [0.2, 0.25) is 5.91 Å². The summed E-state index contributed by atoms with van der Waals surface area (Å²) in [6.45, 7) is 5.28. The second-order valence-electron chi connectivity index (χ2n) is 7.80. The lowest BCUT2D eigenvalue weighted by Gasteiger charge is -2.19. The lowest BCUT2D eigenvalue weighted by Crippen LogP contribution is -2.41. The van der Waals surface area contributed by atoms with Crippen LogP contribution in [0.4, 0.5) is 9.59 Å². The number of alkyl carbamates (subject to hydrolysis) is 2. The van der Waals surface area contributed by atoms with Crippen molar-refractivity contribution < 1.29 is 33.8 Å². The van der Waals surface area contributed by atoms with Crippen molar-refractivity contribution in [2.24, 2.45) is 0 Å². The number of ether oxygens (including phenoxy) is 2. The quantitative estimate of drug-likeness (QED) is 0.389. The van der Waals surface area contributed by atoms with Crippen LogP contribution in [0.5, 0.6) is 0 Å². The minimum Gasteiger partial charge on any atom is -0.480 e. The lowest BCUT2D eigenvalue weighted by molar-refractivity contribution is -0.139. The fourth-order valence-electron chi connectivity index (χ4n) is 2.39. The molecular weight excluding hydrogens is 406 g/mol. The van der Waals surface area contributed by atoms with Crippen molar-refractivity contribution in [3.05, 3.63) is 35.9 Å². The Labute approximate surface area is 181 Å². The fraction of sp³-hybridized carbons (Fsp3) is 0.524. The second-order valence-corrected chi connectivity index (χ2v) is 7.80. The maximum Gasteiger partial charge on any atom is 0.408 e. The molecule has 10 nitrogen and oxygen atoms in total. The predicted octanol–water partition coefficient (Wildman–Crippen LogP) is 2.18. The lowest BCUT2D eigenvalue weighted by atomic mass is 10.1. The number of hydrogen-bond donors (Lipinski definition) is 4. The smallest absolute Gasteiger partial charge is 0.408 e. The van der Waals surface area contributed by atoms with E-state index in [4.69, 9.17) is 9.47 Å². The van der Waals surface area contributed by atoms with Crippen molar-refractivity contribution in [1.82, 2.24) is 16.0 Å². The Morgan fingerprint density at radius 2 is 1.68 bits per heavy atom. The number of hydrogen-bond acceptors (Lipinski definition) is 6. The highest BCUT2D eigenvalue weighted by atomic mass is 16.6. The molecule has 0 aromatic heterocycles. The predicted molar refractivity (Wildman–Crippen MR) is 112 cm³/mol. The maximum atomic E-state index is 11.8. The van der Waals surface area contributed by atoms with Crippen LogP contribution in [0.3, 0.4) is 0 Å². The van der Waals surface area contributed by atoms with Crippen LogP contribution in [0.1, 0.15) is 45.6 Å². The minimum absolute atomic E-state index is 0.0440. The van der Waals surface area contributed by atoms with Crippen molar-refractivity contribution in [3.63, 3.8) is 0 Å². The first-order valence-electron chi connectivity index (χ1n) is 10.0. The van der Waals surface area contributed by atoms with Crippen LogP contribution in [0.25, 0.3) is 0 Å². The summed E-state index contributed by atoms with van der Waals surface area (Å²) in [6, 6.07) is 7.95. The molecule has 0 fully saturated rings. The number of carbonyl (C=O) groups is 4. The molecule has 3 amide bonds. The van der Waals surface area contributed by atoms with Crippen molar-refractivity contribution in [2.75, 3.05) is 13.1 Å². The van der Waals surface area contributed by atoms with Crippen molar-refractivity contribution >= 4 is 24.1 Å². The molecule has 0 heterocycles. The Balaban J connectivity index is 2.21. The standard InChI is InChI=1S/C21H31N3O7/c1-21(2,3)31-19(28)23-13-17(25)22-12-8-7-11-16(18(26)27)24-20(29)30-14-15-9-5-4-6-10-15/h4-6,9-10,16H,7-8,11-14H2,1-3H3,(H,22,25)(H,23,28)(H,24,29)(H,26,27). The zero-order valence-corrected chi connectivity index (χ0v) is 18.1. The van der Waals surface area contributed by atoms with Crippen LogP contribution in [0.2, 0.25) is 0 Å². The fourth-order valence-corrected chi connectivity index (χ4v) is 2.39. The first kappa shape index (κ1) is 25.7. The first-order chi connectivity index (χ1) is 14.6. The van der Waals surface area contributed by atoms with E-state index in [0.717, 1.165) is 5.56 Å². The summed E-state index contributed by atoms with van der Waals surface area (Å²) in [7, 11) is 0. The van der Waals surface area contributed by atoms with Crippen LogP contribution in [-0.4, -0.2) is 53.9 Å². The third-order valence-corrected chi connectivity index (χ3v) is 3.84. The van der Waals surface area contributed by atoms with Gasteiger partial charge in [-0.3, -0.25) is 4.79 Å². The largest absolute Gasteiger partial charge is 0.480 e. The van der Waals surface area contributed by atoms with Gasteiger partial charge in [0.1, 0.15) is 18.2 Å². The first-order valence-corrected chi connectivity index (χ1v) is 10.0. The van der Waals surface area contributed by atoms with Crippen molar-refractivity contribution in [3.8, 4) is 0 Å². The van der Waals surface area contributed by atoms with E-state index in [1.807, 2.05) is 18.2 Å². The van der Waals surface area contributed by atoms with Crippen LogP contribution < -0.4 is 16.0 Å². The summed E-state index contributed by atoms with van der Waals surface area (Å²) in [5, 5.41) is 16.6. The Bertz CT molecular complexity index is 732. The highest BCUT2D eigenvalue weighted by Crippen LogP contribution is 2.06. The molecule has 1 rings (SSSR count). The molecular formula is C21H31N3O7. The van der Waals surface area contributed by atoms with Gasteiger partial charge in [0.15, 0.2) is 0 Å². The van der Waals surface area contributed by atoms with E-state index in [-0.39, 0.29) is 25.5 Å². The molecule has 0 radical (unpaired) electrons. The van der Waals surface area contributed by atoms with E-state index in [2.05, 4.69) is 16.0 Å². The summed E-state index contributed by atoms with van der Waals surface area (Å²) in [5.41, 5.74) is 0.143. The molecule has 1 aromatic carbocycles. The Morgan fingerprint density at radius 1 is 1.00 bits per heavy atom. The monoisotopic (exact) mass is 437 g/mol. The number of amides is 3.